The Balaban J connectivity index is 1.74. The second kappa shape index (κ2) is 6.20. The molecule has 0 saturated heterocycles. The fourth-order valence-electron chi connectivity index (χ4n) is 2.89. The topological polar surface area (TPSA) is 61.4 Å². The Kier molecular flexibility index (Phi) is 4.11. The molecule has 1 atom stereocenters. The van der Waals surface area contributed by atoms with Gasteiger partial charge in [0.1, 0.15) is 0 Å². The van der Waals surface area contributed by atoms with Gasteiger partial charge in [0.05, 0.1) is 6.10 Å². The molecule has 3 N–H and O–H groups in total. The van der Waals surface area contributed by atoms with Crippen LogP contribution in [0, 0.1) is 6.92 Å². The molecule has 0 spiro atoms. The van der Waals surface area contributed by atoms with E-state index in [1.54, 1.807) is 0 Å². The Bertz CT molecular complexity index is 697. The van der Waals surface area contributed by atoms with Crippen molar-refractivity contribution in [3.05, 3.63) is 59.2 Å². The van der Waals surface area contributed by atoms with Crippen LogP contribution < -0.4 is 10.6 Å². The summed E-state index contributed by atoms with van der Waals surface area (Å²) in [5.74, 6) is 0. The minimum atomic E-state index is -0.324. The first kappa shape index (κ1) is 14.6. The van der Waals surface area contributed by atoms with Crippen LogP contribution in [0.15, 0.2) is 42.5 Å². The van der Waals surface area contributed by atoms with Gasteiger partial charge in [-0.1, -0.05) is 24.3 Å². The van der Waals surface area contributed by atoms with Gasteiger partial charge in [-0.05, 0) is 54.7 Å². The molecule has 22 heavy (non-hydrogen) atoms. The normalized spacial score (nSPS) is 16.7. The molecule has 0 bridgehead atoms. The van der Waals surface area contributed by atoms with Crippen LogP contribution in [-0.2, 0) is 12.8 Å². The van der Waals surface area contributed by atoms with Crippen LogP contribution in [0.1, 0.15) is 23.1 Å². The summed E-state index contributed by atoms with van der Waals surface area (Å²) in [4.78, 5) is 12.2. The molecule has 3 rings (SSSR count). The van der Waals surface area contributed by atoms with E-state index in [9.17, 15) is 9.90 Å². The van der Waals surface area contributed by atoms with Crippen molar-refractivity contribution in [3.63, 3.8) is 0 Å². The minimum Gasteiger partial charge on any atom is -0.393 e. The highest BCUT2D eigenvalue weighted by atomic mass is 16.3. The van der Waals surface area contributed by atoms with Gasteiger partial charge in [0.15, 0.2) is 0 Å². The maximum atomic E-state index is 12.2. The number of rotatable bonds is 2. The lowest BCUT2D eigenvalue weighted by molar-refractivity contribution is 0.159. The Morgan fingerprint density at radius 1 is 1.18 bits per heavy atom. The Morgan fingerprint density at radius 3 is 2.82 bits per heavy atom. The van der Waals surface area contributed by atoms with E-state index < -0.39 is 0 Å². The minimum absolute atomic E-state index is 0.265. The van der Waals surface area contributed by atoms with Gasteiger partial charge >= 0.3 is 6.03 Å². The third kappa shape index (κ3) is 3.28. The number of fused-ring (bicyclic) bond motifs is 1. The lowest BCUT2D eigenvalue weighted by Gasteiger charge is -2.23. The van der Waals surface area contributed by atoms with Crippen molar-refractivity contribution in [3.8, 4) is 0 Å². The maximum Gasteiger partial charge on any atom is 0.323 e. The molecule has 2 amide bonds. The largest absolute Gasteiger partial charge is 0.393 e. The number of hydrogen-bond donors (Lipinski definition) is 3. The molecule has 1 aliphatic rings. The van der Waals surface area contributed by atoms with Crippen LogP contribution in [0.2, 0.25) is 0 Å². The highest BCUT2D eigenvalue weighted by Crippen LogP contribution is 2.28. The van der Waals surface area contributed by atoms with E-state index in [-0.39, 0.29) is 12.1 Å². The van der Waals surface area contributed by atoms with Gasteiger partial charge in [-0.3, -0.25) is 0 Å². The molecule has 2 aromatic rings. The lowest BCUT2D eigenvalue weighted by atomic mass is 9.88. The smallest absolute Gasteiger partial charge is 0.323 e. The average Bonchev–Trinajstić information content (AvgIpc) is 2.48. The first-order valence-electron chi connectivity index (χ1n) is 7.55. The number of urea groups is 1. The number of hydrogen-bond acceptors (Lipinski definition) is 2. The predicted octanol–water partition coefficient (Wildman–Crippen LogP) is 3.49. The monoisotopic (exact) mass is 296 g/mol. The molecule has 0 heterocycles. The van der Waals surface area contributed by atoms with E-state index in [1.165, 1.54) is 5.56 Å². The molecule has 4 heteroatoms. The van der Waals surface area contributed by atoms with Crippen molar-refractivity contribution in [1.82, 2.24) is 0 Å². The number of carbonyl (C=O) groups excluding carboxylic acids is 1. The van der Waals surface area contributed by atoms with Gasteiger partial charge in [-0.25, -0.2) is 4.79 Å². The van der Waals surface area contributed by atoms with Crippen LogP contribution in [0.4, 0.5) is 16.2 Å². The summed E-state index contributed by atoms with van der Waals surface area (Å²) in [5, 5.41) is 15.6. The summed E-state index contributed by atoms with van der Waals surface area (Å²) in [6, 6.07) is 13.3. The maximum absolute atomic E-state index is 12.2. The van der Waals surface area contributed by atoms with Gasteiger partial charge in [-0.2, -0.15) is 0 Å². The molecule has 4 nitrogen and oxygen atoms in total. The number of amides is 2. The number of nitrogens with one attached hydrogen (secondary N) is 2. The standard InChI is InChI=1S/C18H20N2O2/c1-12-4-2-6-14(10-12)19-18(22)20-17-7-3-5-13-8-9-15(21)11-16(13)17/h2-7,10,15,21H,8-9,11H2,1H3,(H2,19,20,22)/t15-/m0/s1. The molecule has 0 aromatic heterocycles. The SMILES string of the molecule is Cc1cccc(NC(=O)Nc2cccc3c2C[C@@H](O)CC3)c1. The molecule has 0 saturated carbocycles. The summed E-state index contributed by atoms with van der Waals surface area (Å²) >= 11 is 0. The summed E-state index contributed by atoms with van der Waals surface area (Å²) in [6.45, 7) is 1.98. The second-order valence-corrected chi connectivity index (χ2v) is 5.79. The van der Waals surface area contributed by atoms with Crippen molar-refractivity contribution >= 4 is 17.4 Å². The zero-order valence-corrected chi connectivity index (χ0v) is 12.6. The molecule has 1 aliphatic carbocycles. The molecule has 0 unspecified atom stereocenters. The number of carbonyl (C=O) groups is 1. The van der Waals surface area contributed by atoms with E-state index in [2.05, 4.69) is 16.7 Å². The molecule has 0 aliphatic heterocycles. The van der Waals surface area contributed by atoms with Crippen LogP contribution >= 0.6 is 0 Å². The Labute approximate surface area is 130 Å². The highest BCUT2D eigenvalue weighted by molar-refractivity contribution is 6.00. The number of benzene rings is 2. The number of aliphatic hydroxyl groups excluding tert-OH is 1. The van der Waals surface area contributed by atoms with Crippen LogP contribution in [0.5, 0.6) is 0 Å². The van der Waals surface area contributed by atoms with Crippen LogP contribution in [0.3, 0.4) is 0 Å². The van der Waals surface area contributed by atoms with E-state index >= 15 is 0 Å². The van der Waals surface area contributed by atoms with Crippen molar-refractivity contribution in [1.29, 1.82) is 0 Å². The quantitative estimate of drug-likeness (QED) is 0.794. The van der Waals surface area contributed by atoms with E-state index in [4.69, 9.17) is 0 Å². The number of aliphatic hydroxyl groups is 1. The molecular weight excluding hydrogens is 276 g/mol. The lowest BCUT2D eigenvalue weighted by Crippen LogP contribution is -2.24. The molecular formula is C18H20N2O2. The van der Waals surface area contributed by atoms with Gasteiger partial charge in [-0.15, -0.1) is 0 Å². The number of anilines is 2. The zero-order chi connectivity index (χ0) is 15.5. The summed E-state index contributed by atoms with van der Waals surface area (Å²) < 4.78 is 0. The first-order valence-corrected chi connectivity index (χ1v) is 7.55. The Morgan fingerprint density at radius 2 is 2.00 bits per heavy atom. The van der Waals surface area contributed by atoms with E-state index in [0.717, 1.165) is 35.3 Å². The Hall–Kier alpha value is -2.33. The molecule has 2 aromatic carbocycles. The fourth-order valence-corrected chi connectivity index (χ4v) is 2.89. The predicted molar refractivity (Wildman–Crippen MR) is 88.3 cm³/mol. The van der Waals surface area contributed by atoms with Crippen LogP contribution in [0.25, 0.3) is 0 Å². The fraction of sp³-hybridized carbons (Fsp3) is 0.278. The molecule has 0 radical (unpaired) electrons. The average molecular weight is 296 g/mol. The highest BCUT2D eigenvalue weighted by Gasteiger charge is 2.19. The van der Waals surface area contributed by atoms with Crippen molar-refractivity contribution in [2.24, 2.45) is 0 Å². The number of aryl methyl sites for hydroxylation is 2. The van der Waals surface area contributed by atoms with E-state index in [1.807, 2.05) is 43.3 Å². The van der Waals surface area contributed by atoms with E-state index in [0.29, 0.717) is 6.42 Å². The van der Waals surface area contributed by atoms with Gasteiger partial charge in [0.2, 0.25) is 0 Å². The van der Waals surface area contributed by atoms with Crippen molar-refractivity contribution < 1.29 is 9.90 Å². The van der Waals surface area contributed by atoms with Gasteiger partial charge in [0.25, 0.3) is 0 Å². The first-order chi connectivity index (χ1) is 10.6. The molecule has 114 valence electrons. The van der Waals surface area contributed by atoms with Crippen molar-refractivity contribution in [2.45, 2.75) is 32.3 Å². The van der Waals surface area contributed by atoms with Gasteiger partial charge < -0.3 is 15.7 Å². The third-order valence-electron chi connectivity index (χ3n) is 3.98. The summed E-state index contributed by atoms with van der Waals surface area (Å²) in [5.41, 5.74) is 4.89. The third-order valence-corrected chi connectivity index (χ3v) is 3.98. The van der Waals surface area contributed by atoms with Crippen LogP contribution in [-0.4, -0.2) is 17.2 Å². The molecule has 0 fully saturated rings. The summed E-state index contributed by atoms with van der Waals surface area (Å²) in [7, 11) is 0. The second-order valence-electron chi connectivity index (χ2n) is 5.79. The summed E-state index contributed by atoms with van der Waals surface area (Å²) in [6.07, 6.45) is 1.91. The van der Waals surface area contributed by atoms with Gasteiger partial charge in [0, 0.05) is 17.8 Å². The zero-order valence-electron chi connectivity index (χ0n) is 12.6. The van der Waals surface area contributed by atoms with Crippen molar-refractivity contribution in [2.75, 3.05) is 10.6 Å².